The maximum absolute atomic E-state index is 12.9. The molecule has 4 rings (SSSR count). The van der Waals surface area contributed by atoms with Crippen molar-refractivity contribution in [3.8, 4) is 0 Å². The van der Waals surface area contributed by atoms with E-state index in [1.165, 1.54) is 6.33 Å². The molecule has 0 spiro atoms. The molecule has 0 saturated heterocycles. The predicted molar refractivity (Wildman–Crippen MR) is 90.3 cm³/mol. The fourth-order valence-corrected chi connectivity index (χ4v) is 2.91. The number of anilines is 2. The Hall–Kier alpha value is -3.35. The highest BCUT2D eigenvalue weighted by Gasteiger charge is 2.33. The minimum absolute atomic E-state index is 0.174. The van der Waals surface area contributed by atoms with Gasteiger partial charge in [0.1, 0.15) is 12.4 Å². The summed E-state index contributed by atoms with van der Waals surface area (Å²) in [4.78, 5) is 20.3. The van der Waals surface area contributed by atoms with E-state index in [-0.39, 0.29) is 11.9 Å². The minimum Gasteiger partial charge on any atom is -0.363 e. The number of fused-ring (bicyclic) bond motifs is 1. The summed E-state index contributed by atoms with van der Waals surface area (Å²) in [6, 6.07) is 12.9. The molecule has 1 unspecified atom stereocenters. The number of nitrogens with one attached hydrogen (secondary N) is 3. The molecule has 2 aromatic heterocycles. The van der Waals surface area contributed by atoms with Gasteiger partial charge in [-0.1, -0.05) is 18.2 Å². The standard InChI is InChI=1S/C17H16N6O/c1-11-14(16(24)22-12-6-3-2-4-7-12)15(13-8-5-9-18-13)23-17(21-11)19-10-20-23/h2-10,15,18H,1H3,(H,22,24)(H,19,20,21). The van der Waals surface area contributed by atoms with Gasteiger partial charge in [-0.05, 0) is 31.2 Å². The van der Waals surface area contributed by atoms with Gasteiger partial charge in [0.2, 0.25) is 5.95 Å². The van der Waals surface area contributed by atoms with Crippen molar-refractivity contribution in [2.24, 2.45) is 0 Å². The lowest BCUT2D eigenvalue weighted by Crippen LogP contribution is -2.31. The summed E-state index contributed by atoms with van der Waals surface area (Å²) < 4.78 is 1.71. The maximum atomic E-state index is 12.9. The summed E-state index contributed by atoms with van der Waals surface area (Å²) in [7, 11) is 0. The molecular weight excluding hydrogens is 304 g/mol. The van der Waals surface area contributed by atoms with Crippen molar-refractivity contribution in [3.63, 3.8) is 0 Å². The molecule has 0 radical (unpaired) electrons. The summed E-state index contributed by atoms with van der Waals surface area (Å²) in [5, 5.41) is 10.4. The number of carbonyl (C=O) groups is 1. The Morgan fingerprint density at radius 1 is 1.21 bits per heavy atom. The first-order valence-corrected chi connectivity index (χ1v) is 7.61. The SMILES string of the molecule is CC1=C(C(=O)Nc2ccccc2)C(c2ccc[nH]2)n2ncnc2N1. The van der Waals surface area contributed by atoms with Crippen molar-refractivity contribution in [1.82, 2.24) is 19.7 Å². The highest BCUT2D eigenvalue weighted by atomic mass is 16.1. The van der Waals surface area contributed by atoms with Gasteiger partial charge in [-0.2, -0.15) is 10.1 Å². The Kier molecular flexibility index (Phi) is 3.38. The summed E-state index contributed by atoms with van der Waals surface area (Å²) in [6.45, 7) is 1.87. The number of nitrogens with zero attached hydrogens (tertiary/aromatic N) is 3. The van der Waals surface area contributed by atoms with Crippen LogP contribution in [0.2, 0.25) is 0 Å². The molecule has 1 aromatic carbocycles. The summed E-state index contributed by atoms with van der Waals surface area (Å²) in [5.74, 6) is 0.440. The number of allylic oxidation sites excluding steroid dienone is 1. The van der Waals surface area contributed by atoms with Crippen LogP contribution in [0.25, 0.3) is 0 Å². The lowest BCUT2D eigenvalue weighted by molar-refractivity contribution is -0.113. The van der Waals surface area contributed by atoms with Crippen molar-refractivity contribution in [1.29, 1.82) is 0 Å². The molecule has 3 aromatic rings. The van der Waals surface area contributed by atoms with Crippen LogP contribution >= 0.6 is 0 Å². The van der Waals surface area contributed by atoms with Crippen molar-refractivity contribution in [2.75, 3.05) is 10.6 Å². The molecule has 1 aliphatic heterocycles. The highest BCUT2D eigenvalue weighted by molar-refractivity contribution is 6.05. The fourth-order valence-electron chi connectivity index (χ4n) is 2.91. The topological polar surface area (TPSA) is 87.6 Å². The van der Waals surface area contributed by atoms with Gasteiger partial charge in [0, 0.05) is 23.3 Å². The number of H-pyrrole nitrogens is 1. The first-order valence-electron chi connectivity index (χ1n) is 7.61. The average molecular weight is 320 g/mol. The number of amides is 1. The van der Waals surface area contributed by atoms with E-state index in [1.807, 2.05) is 55.6 Å². The number of hydrogen-bond donors (Lipinski definition) is 3. The molecule has 0 fully saturated rings. The van der Waals surface area contributed by atoms with Crippen molar-refractivity contribution in [3.05, 3.63) is 72.0 Å². The van der Waals surface area contributed by atoms with E-state index in [1.54, 1.807) is 4.68 Å². The minimum atomic E-state index is -0.359. The molecule has 120 valence electrons. The predicted octanol–water partition coefficient (Wildman–Crippen LogP) is 2.53. The second-order valence-corrected chi connectivity index (χ2v) is 5.54. The number of aromatic nitrogens is 4. The molecular formula is C17H16N6O. The normalized spacial score (nSPS) is 16.5. The van der Waals surface area contributed by atoms with E-state index in [9.17, 15) is 4.79 Å². The zero-order valence-corrected chi connectivity index (χ0v) is 13.0. The van der Waals surface area contributed by atoms with Crippen LogP contribution in [0.5, 0.6) is 0 Å². The molecule has 7 nitrogen and oxygen atoms in total. The molecule has 1 aliphatic rings. The Labute approximate surface area is 138 Å². The van der Waals surface area contributed by atoms with E-state index in [4.69, 9.17) is 0 Å². The molecule has 0 aliphatic carbocycles. The number of hydrogen-bond acceptors (Lipinski definition) is 4. The number of aromatic amines is 1. The van der Waals surface area contributed by atoms with Gasteiger partial charge in [-0.3, -0.25) is 4.79 Å². The van der Waals surface area contributed by atoms with E-state index in [0.717, 1.165) is 17.1 Å². The van der Waals surface area contributed by atoms with Crippen molar-refractivity contribution < 1.29 is 4.79 Å². The average Bonchev–Trinajstić information content (AvgIpc) is 3.25. The maximum Gasteiger partial charge on any atom is 0.255 e. The number of carbonyl (C=O) groups excluding carboxylic acids is 1. The van der Waals surface area contributed by atoms with Crippen molar-refractivity contribution in [2.45, 2.75) is 13.0 Å². The first-order chi connectivity index (χ1) is 11.7. The molecule has 1 amide bonds. The van der Waals surface area contributed by atoms with Crippen LogP contribution in [0.15, 0.2) is 66.3 Å². The van der Waals surface area contributed by atoms with Crippen LogP contribution in [-0.4, -0.2) is 25.7 Å². The first kappa shape index (κ1) is 14.3. The third-order valence-corrected chi connectivity index (χ3v) is 3.99. The molecule has 3 heterocycles. The summed E-state index contributed by atoms with van der Waals surface area (Å²) >= 11 is 0. The number of benzene rings is 1. The molecule has 24 heavy (non-hydrogen) atoms. The zero-order valence-electron chi connectivity index (χ0n) is 13.0. The van der Waals surface area contributed by atoms with Gasteiger partial charge >= 0.3 is 0 Å². The second kappa shape index (κ2) is 5.69. The zero-order chi connectivity index (χ0) is 16.5. The molecule has 0 bridgehead atoms. The number of para-hydroxylation sites is 1. The molecule has 3 N–H and O–H groups in total. The van der Waals surface area contributed by atoms with Gasteiger partial charge in [-0.25, -0.2) is 4.68 Å². The summed E-state index contributed by atoms with van der Waals surface area (Å²) in [6.07, 6.45) is 3.31. The van der Waals surface area contributed by atoms with Crippen LogP contribution in [0.3, 0.4) is 0 Å². The largest absolute Gasteiger partial charge is 0.363 e. The van der Waals surface area contributed by atoms with E-state index in [0.29, 0.717) is 11.5 Å². The number of rotatable bonds is 3. The quantitative estimate of drug-likeness (QED) is 0.692. The highest BCUT2D eigenvalue weighted by Crippen LogP contribution is 2.34. The van der Waals surface area contributed by atoms with Crippen molar-refractivity contribution >= 4 is 17.5 Å². The van der Waals surface area contributed by atoms with Crippen LogP contribution in [0, 0.1) is 0 Å². The van der Waals surface area contributed by atoms with Gasteiger partial charge in [-0.15, -0.1) is 0 Å². The third kappa shape index (κ3) is 2.36. The van der Waals surface area contributed by atoms with E-state index >= 15 is 0 Å². The molecule has 1 atom stereocenters. The van der Waals surface area contributed by atoms with Crippen LogP contribution in [-0.2, 0) is 4.79 Å². The summed E-state index contributed by atoms with van der Waals surface area (Å²) in [5.41, 5.74) is 2.97. The van der Waals surface area contributed by atoms with Crippen LogP contribution < -0.4 is 10.6 Å². The molecule has 7 heteroatoms. The van der Waals surface area contributed by atoms with Gasteiger partial charge in [0.25, 0.3) is 5.91 Å². The lowest BCUT2D eigenvalue weighted by atomic mass is 9.99. The second-order valence-electron chi connectivity index (χ2n) is 5.54. The van der Waals surface area contributed by atoms with E-state index < -0.39 is 0 Å². The van der Waals surface area contributed by atoms with E-state index in [2.05, 4.69) is 25.7 Å². The monoisotopic (exact) mass is 320 g/mol. The Morgan fingerprint density at radius 2 is 2.04 bits per heavy atom. The smallest absolute Gasteiger partial charge is 0.255 e. The fraction of sp³-hybridized carbons (Fsp3) is 0.118. The lowest BCUT2D eigenvalue weighted by Gasteiger charge is -2.27. The Morgan fingerprint density at radius 3 is 2.79 bits per heavy atom. The molecule has 0 saturated carbocycles. The van der Waals surface area contributed by atoms with Crippen LogP contribution in [0.4, 0.5) is 11.6 Å². The Bertz CT molecular complexity index is 894. The van der Waals surface area contributed by atoms with Gasteiger partial charge in [0.15, 0.2) is 0 Å². The third-order valence-electron chi connectivity index (χ3n) is 3.99. The van der Waals surface area contributed by atoms with Crippen LogP contribution in [0.1, 0.15) is 18.7 Å². The van der Waals surface area contributed by atoms with Gasteiger partial charge < -0.3 is 15.6 Å². The van der Waals surface area contributed by atoms with Gasteiger partial charge in [0.05, 0.1) is 5.57 Å². The Balaban J connectivity index is 1.75.